The summed E-state index contributed by atoms with van der Waals surface area (Å²) in [4.78, 5) is 28.6. The van der Waals surface area contributed by atoms with E-state index in [9.17, 15) is 9.59 Å². The van der Waals surface area contributed by atoms with Crippen LogP contribution in [-0.4, -0.2) is 33.0 Å². The van der Waals surface area contributed by atoms with Crippen molar-refractivity contribution >= 4 is 5.91 Å². The molecule has 0 aromatic carbocycles. The SMILES string of the molecule is CC(c1ccncc1)N(C)C(=O)c1ccc(=O)[nH]n1. The van der Waals surface area contributed by atoms with Gasteiger partial charge < -0.3 is 4.90 Å². The predicted molar refractivity (Wildman–Crippen MR) is 69.6 cm³/mol. The highest BCUT2D eigenvalue weighted by Gasteiger charge is 2.19. The number of aromatic nitrogens is 3. The number of nitrogens with zero attached hydrogens (tertiary/aromatic N) is 3. The van der Waals surface area contributed by atoms with E-state index in [0.29, 0.717) is 0 Å². The molecule has 2 rings (SSSR count). The van der Waals surface area contributed by atoms with Crippen LogP contribution >= 0.6 is 0 Å². The lowest BCUT2D eigenvalue weighted by Crippen LogP contribution is -2.31. The molecule has 0 aliphatic rings. The van der Waals surface area contributed by atoms with Crippen LogP contribution in [0.2, 0.25) is 0 Å². The van der Waals surface area contributed by atoms with Gasteiger partial charge in [-0.1, -0.05) is 0 Å². The average Bonchev–Trinajstić information content (AvgIpc) is 2.46. The largest absolute Gasteiger partial charge is 0.334 e. The summed E-state index contributed by atoms with van der Waals surface area (Å²) in [5, 5.41) is 5.99. The van der Waals surface area contributed by atoms with E-state index in [-0.39, 0.29) is 23.2 Å². The minimum Gasteiger partial charge on any atom is -0.334 e. The van der Waals surface area contributed by atoms with Crippen LogP contribution in [0.5, 0.6) is 0 Å². The fraction of sp³-hybridized carbons (Fsp3) is 0.231. The molecular formula is C13H14N4O2. The van der Waals surface area contributed by atoms with Crippen LogP contribution in [0.25, 0.3) is 0 Å². The molecule has 0 saturated carbocycles. The molecule has 0 spiro atoms. The van der Waals surface area contributed by atoms with Gasteiger partial charge in [-0.15, -0.1) is 0 Å². The number of rotatable bonds is 3. The smallest absolute Gasteiger partial charge is 0.274 e. The molecule has 0 aliphatic carbocycles. The van der Waals surface area contributed by atoms with Crippen molar-refractivity contribution in [3.8, 4) is 0 Å². The topological polar surface area (TPSA) is 79.0 Å². The minimum atomic E-state index is -0.332. The highest BCUT2D eigenvalue weighted by molar-refractivity contribution is 5.92. The number of pyridine rings is 1. The van der Waals surface area contributed by atoms with Gasteiger partial charge in [-0.3, -0.25) is 14.6 Å². The molecule has 0 aliphatic heterocycles. The van der Waals surface area contributed by atoms with Crippen molar-refractivity contribution in [3.63, 3.8) is 0 Å². The number of aromatic amines is 1. The summed E-state index contributed by atoms with van der Waals surface area (Å²) < 4.78 is 0. The second-order valence-electron chi connectivity index (χ2n) is 4.18. The molecule has 0 fully saturated rings. The predicted octanol–water partition coefficient (Wildman–Crippen LogP) is 0.998. The van der Waals surface area contributed by atoms with E-state index in [4.69, 9.17) is 0 Å². The van der Waals surface area contributed by atoms with Crippen LogP contribution in [-0.2, 0) is 0 Å². The Balaban J connectivity index is 2.19. The van der Waals surface area contributed by atoms with Gasteiger partial charge in [0.05, 0.1) is 6.04 Å². The van der Waals surface area contributed by atoms with E-state index in [2.05, 4.69) is 15.2 Å². The maximum atomic E-state index is 12.2. The molecule has 2 heterocycles. The highest BCUT2D eigenvalue weighted by atomic mass is 16.2. The molecule has 0 radical (unpaired) electrons. The Morgan fingerprint density at radius 2 is 1.95 bits per heavy atom. The normalized spacial score (nSPS) is 11.9. The first kappa shape index (κ1) is 12.9. The third kappa shape index (κ3) is 2.85. The first-order chi connectivity index (χ1) is 9.09. The summed E-state index contributed by atoms with van der Waals surface area (Å²) in [6, 6.07) is 6.30. The van der Waals surface area contributed by atoms with Crippen molar-refractivity contribution < 1.29 is 4.79 Å². The van der Waals surface area contributed by atoms with Gasteiger partial charge in [-0.2, -0.15) is 5.10 Å². The summed E-state index contributed by atoms with van der Waals surface area (Å²) in [6.45, 7) is 1.92. The lowest BCUT2D eigenvalue weighted by Gasteiger charge is -2.24. The van der Waals surface area contributed by atoms with Crippen molar-refractivity contribution in [2.24, 2.45) is 0 Å². The Labute approximate surface area is 110 Å². The quantitative estimate of drug-likeness (QED) is 0.890. The molecule has 1 unspecified atom stereocenters. The summed E-state index contributed by atoms with van der Waals surface area (Å²) in [7, 11) is 1.69. The number of carbonyl (C=O) groups excluding carboxylic acids is 1. The molecule has 6 heteroatoms. The first-order valence-electron chi connectivity index (χ1n) is 5.82. The Morgan fingerprint density at radius 3 is 2.53 bits per heavy atom. The molecule has 1 atom stereocenters. The Bertz CT molecular complexity index is 604. The lowest BCUT2D eigenvalue weighted by molar-refractivity contribution is 0.0735. The number of hydrogen-bond donors (Lipinski definition) is 1. The summed E-state index contributed by atoms with van der Waals surface area (Å²) in [6.07, 6.45) is 3.37. The monoisotopic (exact) mass is 258 g/mol. The Kier molecular flexibility index (Phi) is 3.70. The lowest BCUT2D eigenvalue weighted by atomic mass is 10.1. The van der Waals surface area contributed by atoms with Gasteiger partial charge in [0.25, 0.3) is 11.5 Å². The fourth-order valence-electron chi connectivity index (χ4n) is 1.69. The minimum absolute atomic E-state index is 0.107. The van der Waals surface area contributed by atoms with Gasteiger partial charge in [-0.25, -0.2) is 5.10 Å². The fourth-order valence-corrected chi connectivity index (χ4v) is 1.69. The van der Waals surface area contributed by atoms with Crippen molar-refractivity contribution in [2.45, 2.75) is 13.0 Å². The summed E-state index contributed by atoms with van der Waals surface area (Å²) in [5.74, 6) is -0.249. The molecule has 6 nitrogen and oxygen atoms in total. The van der Waals surface area contributed by atoms with E-state index in [1.807, 2.05) is 19.1 Å². The summed E-state index contributed by atoms with van der Waals surface area (Å²) in [5.41, 5.74) is 0.861. The zero-order valence-corrected chi connectivity index (χ0v) is 10.7. The van der Waals surface area contributed by atoms with E-state index < -0.39 is 0 Å². The van der Waals surface area contributed by atoms with Crippen molar-refractivity contribution in [2.75, 3.05) is 7.05 Å². The highest BCUT2D eigenvalue weighted by Crippen LogP contribution is 2.18. The molecule has 1 N–H and O–H groups in total. The molecule has 0 bridgehead atoms. The van der Waals surface area contributed by atoms with Crippen LogP contribution in [0.15, 0.2) is 41.5 Å². The second-order valence-corrected chi connectivity index (χ2v) is 4.18. The average molecular weight is 258 g/mol. The molecule has 1 amide bonds. The number of carbonyl (C=O) groups is 1. The molecule has 98 valence electrons. The molecule has 2 aromatic rings. The van der Waals surface area contributed by atoms with E-state index in [0.717, 1.165) is 5.56 Å². The zero-order valence-electron chi connectivity index (χ0n) is 10.7. The van der Waals surface area contributed by atoms with Gasteiger partial charge in [0.15, 0.2) is 0 Å². The van der Waals surface area contributed by atoms with Crippen LogP contribution in [0, 0.1) is 0 Å². The summed E-state index contributed by atoms with van der Waals surface area (Å²) >= 11 is 0. The van der Waals surface area contributed by atoms with E-state index in [1.165, 1.54) is 12.1 Å². The molecule has 19 heavy (non-hydrogen) atoms. The maximum Gasteiger partial charge on any atom is 0.274 e. The number of nitrogens with one attached hydrogen (secondary N) is 1. The van der Waals surface area contributed by atoms with Crippen LogP contribution in [0.3, 0.4) is 0 Å². The molecule has 0 saturated heterocycles. The maximum absolute atomic E-state index is 12.2. The van der Waals surface area contributed by atoms with Crippen molar-refractivity contribution in [1.82, 2.24) is 20.1 Å². The standard InChI is InChI=1S/C13H14N4O2/c1-9(10-5-7-14-8-6-10)17(2)13(19)11-3-4-12(18)16-15-11/h3-9H,1-2H3,(H,16,18). The number of H-pyrrole nitrogens is 1. The van der Waals surface area contributed by atoms with Crippen LogP contribution < -0.4 is 5.56 Å². The Morgan fingerprint density at radius 1 is 1.26 bits per heavy atom. The van der Waals surface area contributed by atoms with Crippen molar-refractivity contribution in [1.29, 1.82) is 0 Å². The first-order valence-corrected chi connectivity index (χ1v) is 5.82. The van der Waals surface area contributed by atoms with Gasteiger partial charge in [-0.05, 0) is 30.7 Å². The number of amides is 1. The van der Waals surface area contributed by atoms with Crippen LogP contribution in [0.1, 0.15) is 29.0 Å². The molecule has 2 aromatic heterocycles. The van der Waals surface area contributed by atoms with Gasteiger partial charge in [0, 0.05) is 25.5 Å². The van der Waals surface area contributed by atoms with Gasteiger partial charge in [0.1, 0.15) is 5.69 Å². The van der Waals surface area contributed by atoms with Gasteiger partial charge >= 0.3 is 0 Å². The van der Waals surface area contributed by atoms with E-state index >= 15 is 0 Å². The molecular weight excluding hydrogens is 244 g/mol. The van der Waals surface area contributed by atoms with Crippen molar-refractivity contribution in [3.05, 3.63) is 58.3 Å². The van der Waals surface area contributed by atoms with Crippen LogP contribution in [0.4, 0.5) is 0 Å². The third-order valence-electron chi connectivity index (χ3n) is 2.99. The zero-order chi connectivity index (χ0) is 13.8. The van der Waals surface area contributed by atoms with Gasteiger partial charge in [0.2, 0.25) is 0 Å². The second kappa shape index (κ2) is 5.43. The Hall–Kier alpha value is -2.50. The number of hydrogen-bond acceptors (Lipinski definition) is 4. The third-order valence-corrected chi connectivity index (χ3v) is 2.99. The van der Waals surface area contributed by atoms with E-state index in [1.54, 1.807) is 24.3 Å².